The van der Waals surface area contributed by atoms with Crippen molar-refractivity contribution in [2.45, 2.75) is 281 Å². The third-order valence-corrected chi connectivity index (χ3v) is 16.1. The number of benzene rings is 2. The number of thiocarbonyl (C=S) groups is 3. The van der Waals surface area contributed by atoms with Gasteiger partial charge in [0, 0.05) is 96.9 Å². The summed E-state index contributed by atoms with van der Waals surface area (Å²) < 4.78 is 14.9. The maximum Gasteiger partial charge on any atom is 0.667 e. The predicted molar refractivity (Wildman–Crippen MR) is 620 cm³/mol. The van der Waals surface area contributed by atoms with E-state index in [1.54, 1.807) is 100.0 Å². The number of aromatic hydroxyl groups is 1. The van der Waals surface area contributed by atoms with Gasteiger partial charge in [-0.1, -0.05) is 301 Å². The van der Waals surface area contributed by atoms with Crippen molar-refractivity contribution in [1.29, 1.82) is 0 Å². The summed E-state index contributed by atoms with van der Waals surface area (Å²) in [6.45, 7) is 62.8. The molecule has 143 heavy (non-hydrogen) atoms. The van der Waals surface area contributed by atoms with Crippen LogP contribution in [0.25, 0.3) is 0 Å². The van der Waals surface area contributed by atoms with Crippen molar-refractivity contribution in [3.63, 3.8) is 0 Å². The second-order valence-corrected chi connectivity index (χ2v) is 27.3. The molecule has 0 bridgehead atoms. The maximum absolute atomic E-state index is 10.8. The van der Waals surface area contributed by atoms with Crippen LogP contribution in [-0.2, 0) is 14.4 Å². The summed E-state index contributed by atoms with van der Waals surface area (Å²) in [7, 11) is 0. The first-order valence-electron chi connectivity index (χ1n) is 48.4. The molecule has 0 unspecified atom stereocenters. The highest BCUT2D eigenvalue weighted by molar-refractivity contribution is 8.12. The van der Waals surface area contributed by atoms with E-state index in [1.165, 1.54) is 64.6 Å². The van der Waals surface area contributed by atoms with Crippen molar-refractivity contribution < 1.29 is 68.6 Å². The molecule has 14 rings (SSSR count). The van der Waals surface area contributed by atoms with Gasteiger partial charge in [-0.3, -0.25) is 43.7 Å². The number of allylic oxidation sites excluding steroid dienone is 4. The lowest BCUT2D eigenvalue weighted by Gasteiger charge is -2.33. The van der Waals surface area contributed by atoms with E-state index in [4.69, 9.17) is 54.8 Å². The molecule has 11 aromatic rings. The van der Waals surface area contributed by atoms with Crippen molar-refractivity contribution in [2.24, 2.45) is 10.2 Å². The molecule has 0 amide bonds. The Balaban J connectivity index is -0.000000149. The maximum atomic E-state index is 10.8. The molecule has 2 aliphatic heterocycles. The molecule has 3 aliphatic rings. The van der Waals surface area contributed by atoms with Gasteiger partial charge in [-0.2, -0.15) is 0 Å². The minimum atomic E-state index is -1.80. The number of carboxylic acids is 3. The van der Waals surface area contributed by atoms with Gasteiger partial charge in [-0.15, -0.1) is 37.9 Å². The van der Waals surface area contributed by atoms with Gasteiger partial charge in [0.15, 0.2) is 23.0 Å². The quantitative estimate of drug-likeness (QED) is 0.0115. The SMILES string of the molecule is C1=N[N+]([B-](c2ccccc2)(n2cccn2)n2cccn2)=CC1.C1=N[N+]([B-](n2cccn2)(n2cccn2)n2cccn2)=CC1.CC.CC.CC.CC.CC.CC.CC.CC.CC.CC.CC.CC.CC.CC.CC(=O)/C(C)=C(/C)O.CC(=O)C1=C(O)CCCC1.CC(=O)O.CC(=O)c1ccccc1O.CC(=S)S.O=C(O)c1ccccn1.O=C(O)c1cnccn1.S=C(S)c1ccccn1.S=C(S)c1cnccn1. The van der Waals surface area contributed by atoms with E-state index >= 15 is 0 Å². The van der Waals surface area contributed by atoms with Crippen LogP contribution in [-0.4, -0.2) is 204 Å². The van der Waals surface area contributed by atoms with Gasteiger partial charge < -0.3 is 53.6 Å². The zero-order valence-corrected chi connectivity index (χ0v) is 96.4. The molecule has 9 aromatic heterocycles. The van der Waals surface area contributed by atoms with Crippen molar-refractivity contribution in [1.82, 2.24) is 78.4 Å². The Labute approximate surface area is 887 Å². The number of carbonyl (C=O) groups is 6. The minimum absolute atomic E-state index is 0.0252. The number of hydrogen-bond acceptors (Lipinski definition) is 25. The van der Waals surface area contributed by atoms with Crippen LogP contribution in [0.2, 0.25) is 0 Å². The Morgan fingerprint density at radius 3 is 0.909 bits per heavy atom. The first kappa shape index (κ1) is 153. The molecule has 0 atom stereocenters. The number of pyridine rings is 2. The average molecular weight is 2090 g/mol. The number of aliphatic carboxylic acids is 1. The number of hydrazone groups is 2. The molecule has 0 fully saturated rings. The molecular formula is C103H168B2N20O12S6. The third-order valence-electron chi connectivity index (χ3n) is 15.2. The number of aliphatic hydroxyl groups excluding tert-OH is 2. The van der Waals surface area contributed by atoms with Gasteiger partial charge in [0.25, 0.3) is 5.97 Å². The summed E-state index contributed by atoms with van der Waals surface area (Å²) in [6, 6.07) is 36.5. The minimum Gasteiger partial charge on any atom is -0.512 e. The number of carbonyl (C=O) groups excluding carboxylic acids is 3. The Hall–Kier alpha value is -12.6. The number of ketones is 3. The van der Waals surface area contributed by atoms with Crippen LogP contribution in [0.1, 0.15) is 324 Å². The topological polar surface area (TPSA) is 421 Å². The van der Waals surface area contributed by atoms with Crippen molar-refractivity contribution in [3.05, 3.63) is 284 Å². The lowest BCUT2D eigenvalue weighted by molar-refractivity contribution is -0.408. The van der Waals surface area contributed by atoms with Crippen molar-refractivity contribution >= 4 is 166 Å². The van der Waals surface area contributed by atoms with Gasteiger partial charge in [0.2, 0.25) is 0 Å². The van der Waals surface area contributed by atoms with Crippen LogP contribution in [0.4, 0.5) is 0 Å². The van der Waals surface area contributed by atoms with Gasteiger partial charge >= 0.3 is 25.2 Å². The smallest absolute Gasteiger partial charge is 0.512 e. The molecule has 0 saturated carbocycles. The average Bonchev–Trinajstić information content (AvgIpc) is 1.62. The van der Waals surface area contributed by atoms with Gasteiger partial charge in [0.05, 0.1) is 68.8 Å². The first-order valence-corrected chi connectivity index (χ1v) is 51.0. The molecule has 32 nitrogen and oxygen atoms in total. The predicted octanol–water partition coefficient (Wildman–Crippen LogP) is 25.4. The highest BCUT2D eigenvalue weighted by atomic mass is 32.1. The first-order chi connectivity index (χ1) is 69.0. The number of phenols is 1. The Morgan fingerprint density at radius 1 is 0.364 bits per heavy atom. The molecule has 1 aliphatic carbocycles. The number of rotatable bonds is 15. The highest BCUT2D eigenvalue weighted by Crippen LogP contribution is 2.23. The highest BCUT2D eigenvalue weighted by Gasteiger charge is 2.52. The van der Waals surface area contributed by atoms with E-state index in [-0.39, 0.29) is 40.2 Å². The number of para-hydroxylation sites is 1. The third kappa shape index (κ3) is 66.0. The van der Waals surface area contributed by atoms with Crippen LogP contribution in [0, 0.1) is 0 Å². The number of Topliss-reactive ketones (excluding diaryl/α,β-unsaturated/α-hetero) is 3. The number of nitrogens with zero attached hydrogens (tertiary/aromatic N) is 20. The van der Waals surface area contributed by atoms with E-state index < -0.39 is 31.1 Å². The van der Waals surface area contributed by atoms with Gasteiger partial charge in [-0.05, 0) is 159 Å². The Morgan fingerprint density at radius 2 is 0.685 bits per heavy atom. The number of aromatic nitrogens is 16. The fraction of sp³-hybridized carbons (Fsp3) is 0.398. The van der Waals surface area contributed by atoms with Crippen LogP contribution in [0.15, 0.2) is 266 Å². The second-order valence-electron chi connectivity index (χ2n) is 23.4. The molecular weight excluding hydrogens is 1920 g/mol. The number of thiol groups is 3. The zero-order valence-electron chi connectivity index (χ0n) is 91.3. The van der Waals surface area contributed by atoms with Gasteiger partial charge in [0.1, 0.15) is 29.6 Å². The fourth-order valence-corrected chi connectivity index (χ4v) is 10.4. The molecule has 11 heterocycles. The molecule has 6 N–H and O–H groups in total. The summed E-state index contributed by atoms with van der Waals surface area (Å²) in [5, 5.41) is 82.3. The van der Waals surface area contributed by atoms with E-state index in [9.17, 15) is 29.1 Å². The summed E-state index contributed by atoms with van der Waals surface area (Å²) in [5.74, 6) is -2.56. The van der Waals surface area contributed by atoms with Crippen LogP contribution < -0.4 is 5.46 Å². The normalized spacial score (nSPS) is 10.3. The van der Waals surface area contributed by atoms with E-state index in [0.717, 1.165) is 50.2 Å². The number of hydrogen-bond donors (Lipinski definition) is 9. The monoisotopic (exact) mass is 2090 g/mol. The lowest BCUT2D eigenvalue weighted by Crippen LogP contribution is -2.68. The van der Waals surface area contributed by atoms with E-state index in [2.05, 4.69) is 134 Å². The molecule has 794 valence electrons. The summed E-state index contributed by atoms with van der Waals surface area (Å²) in [6.07, 6.45) is 43.1. The number of aliphatic hydroxyl groups is 2. The lowest BCUT2D eigenvalue weighted by atomic mass is 9.53. The second kappa shape index (κ2) is 107. The number of carboxylic acid groups (broad SMARTS) is 3. The Bertz CT molecular complexity index is 4730. The van der Waals surface area contributed by atoms with Crippen LogP contribution >= 0.6 is 74.5 Å². The van der Waals surface area contributed by atoms with Crippen LogP contribution in [0.5, 0.6) is 5.75 Å². The standard InChI is InChI=1S/C15H15BN6.C12H13BN8.C8H12O2.C8H8O2.C6H5NO2.C6H5NS2.C6H10O2.C5H4N2O2.C5H4N2S2.C2H4O2.C2H4S2.14C2H6/c1-2-7-15(8-3-1)16(20-12-4-9-17-20,21-13-5-10-18-21)22-14-6-11-19-22;1-5-14-18(9-1)13(19-10-2-6-15-19,20-11-3-7-16-20)21-12-4-8-17-21;2*1-6(9)7-4-2-3-5-8(7)10;2*8-6(9)5-3-1-2-4-7-5;1-4(5(2)7)6(3)8;2*8-5(9)4-3-6-1-2-7-4;2*1-2(3)4;14*1-2/h1-5,7-14H,6H2;1-3,5-12H,4H2;10H,2-5H2,1H3;2-5,10H,1H3;2*1-4H,(H,8,9);7H,1-3H3;2*1-3H,(H,8,9);2*1H3,(H,3,4);14*1-2H3/b;;;;;;5-4-;;;;;;;;;;;;;;;;;;. The zero-order chi connectivity index (χ0) is 113. The molecule has 40 heteroatoms. The summed E-state index contributed by atoms with van der Waals surface area (Å²) >= 11 is 25.5. The fourth-order valence-electron chi connectivity index (χ4n) is 9.95. The van der Waals surface area contributed by atoms with E-state index in [1.807, 2.05) is 342 Å². The van der Waals surface area contributed by atoms with Crippen molar-refractivity contribution in [3.8, 4) is 5.75 Å². The molecule has 0 spiro atoms. The van der Waals surface area contributed by atoms with Gasteiger partial charge in [-0.25, -0.2) is 49.6 Å². The van der Waals surface area contributed by atoms with Crippen LogP contribution in [0.3, 0.4) is 0 Å². The molecule has 2 aromatic carbocycles. The number of aromatic carboxylic acids is 2. The summed E-state index contributed by atoms with van der Waals surface area (Å²) in [4.78, 5) is 83.4. The number of phenolic OH excluding ortho intramolecular Hbond substituents is 1. The molecule has 0 saturated heterocycles. The largest absolute Gasteiger partial charge is 0.667 e. The Kier molecular flexibility index (Phi) is 114. The van der Waals surface area contributed by atoms with Crippen molar-refractivity contribution in [2.75, 3.05) is 0 Å². The molecule has 0 radical (unpaired) electrons. The van der Waals surface area contributed by atoms with E-state index in [0.29, 0.717) is 47.2 Å². The summed E-state index contributed by atoms with van der Waals surface area (Å²) in [5.41, 5.74) is 4.01.